The molecule has 2 rings (SSSR count). The van der Waals surface area contributed by atoms with Crippen molar-refractivity contribution in [2.24, 2.45) is 0 Å². The summed E-state index contributed by atoms with van der Waals surface area (Å²) in [5, 5.41) is 3.84. The van der Waals surface area contributed by atoms with Crippen molar-refractivity contribution in [3.63, 3.8) is 0 Å². The van der Waals surface area contributed by atoms with Crippen molar-refractivity contribution >= 4 is 27.5 Å². The predicted molar refractivity (Wildman–Crippen MR) is 80.8 cm³/mol. The highest BCUT2D eigenvalue weighted by atomic mass is 79.9. The minimum atomic E-state index is 0.532. The number of nitrogens with one attached hydrogen (secondary N) is 1. The fourth-order valence-corrected chi connectivity index (χ4v) is 2.07. The first-order chi connectivity index (χ1) is 9.20. The van der Waals surface area contributed by atoms with Crippen molar-refractivity contribution < 1.29 is 4.74 Å². The molecule has 0 aliphatic rings. The topological polar surface area (TPSA) is 34.2 Å². The van der Waals surface area contributed by atoms with Crippen molar-refractivity contribution in [1.29, 1.82) is 0 Å². The first-order valence-corrected chi connectivity index (χ1v) is 7.16. The number of nitrogens with zero attached hydrogens (tertiary/aromatic N) is 1. The van der Waals surface area contributed by atoms with Gasteiger partial charge in [0.05, 0.1) is 15.2 Å². The van der Waals surface area contributed by atoms with Crippen LogP contribution in [0.15, 0.2) is 40.9 Å². The zero-order chi connectivity index (χ0) is 13.7. The van der Waals surface area contributed by atoms with Gasteiger partial charge in [-0.1, -0.05) is 30.7 Å². The highest BCUT2D eigenvalue weighted by Gasteiger charge is 2.07. The first-order valence-electron chi connectivity index (χ1n) is 5.99. The zero-order valence-electron chi connectivity index (χ0n) is 10.5. The van der Waals surface area contributed by atoms with E-state index >= 15 is 0 Å². The minimum Gasteiger partial charge on any atom is -0.438 e. The van der Waals surface area contributed by atoms with Gasteiger partial charge in [-0.15, -0.1) is 0 Å². The average molecular weight is 342 g/mol. The Morgan fingerprint density at radius 2 is 2.05 bits per heavy atom. The van der Waals surface area contributed by atoms with Gasteiger partial charge >= 0.3 is 0 Å². The van der Waals surface area contributed by atoms with Crippen molar-refractivity contribution in [3.05, 3.63) is 51.6 Å². The summed E-state index contributed by atoms with van der Waals surface area (Å²) in [7, 11) is 0. The number of rotatable bonds is 5. The maximum absolute atomic E-state index is 6.10. The highest BCUT2D eigenvalue weighted by Crippen LogP contribution is 2.29. The van der Waals surface area contributed by atoms with E-state index in [-0.39, 0.29) is 0 Å². The maximum Gasteiger partial charge on any atom is 0.219 e. The second kappa shape index (κ2) is 6.89. The molecule has 0 spiro atoms. The van der Waals surface area contributed by atoms with E-state index in [9.17, 15) is 0 Å². The lowest BCUT2D eigenvalue weighted by Gasteiger charge is -2.09. The summed E-state index contributed by atoms with van der Waals surface area (Å²) in [4.78, 5) is 4.41. The number of pyridine rings is 1. The summed E-state index contributed by atoms with van der Waals surface area (Å²) < 4.78 is 6.63. The van der Waals surface area contributed by atoms with Crippen LogP contribution in [0, 0.1) is 0 Å². The molecule has 5 heteroatoms. The van der Waals surface area contributed by atoms with Crippen LogP contribution in [-0.4, -0.2) is 11.5 Å². The SMILES string of the molecule is CCNCc1nc(Oc2ccccc2Br)ccc1Cl. The molecule has 0 radical (unpaired) electrons. The third kappa shape index (κ3) is 3.93. The molecule has 0 aliphatic heterocycles. The van der Waals surface area contributed by atoms with E-state index in [0.717, 1.165) is 22.5 Å². The number of para-hydroxylation sites is 1. The van der Waals surface area contributed by atoms with Crippen LogP contribution in [0.25, 0.3) is 0 Å². The second-order valence-electron chi connectivity index (χ2n) is 3.89. The highest BCUT2D eigenvalue weighted by molar-refractivity contribution is 9.10. The first kappa shape index (κ1) is 14.3. The zero-order valence-corrected chi connectivity index (χ0v) is 12.8. The van der Waals surface area contributed by atoms with Crippen LogP contribution in [0.3, 0.4) is 0 Å². The van der Waals surface area contributed by atoms with Gasteiger partial charge in [0, 0.05) is 12.6 Å². The Morgan fingerprint density at radius 3 is 2.79 bits per heavy atom. The summed E-state index contributed by atoms with van der Waals surface area (Å²) in [5.41, 5.74) is 0.785. The normalized spacial score (nSPS) is 10.5. The molecule has 1 heterocycles. The molecular formula is C14H14BrClN2O. The third-order valence-electron chi connectivity index (χ3n) is 2.49. The van der Waals surface area contributed by atoms with Crippen molar-refractivity contribution in [2.75, 3.05) is 6.54 Å². The molecule has 0 amide bonds. The fraction of sp³-hybridized carbons (Fsp3) is 0.214. The Balaban J connectivity index is 2.19. The van der Waals surface area contributed by atoms with E-state index in [1.54, 1.807) is 12.1 Å². The van der Waals surface area contributed by atoms with E-state index < -0.39 is 0 Å². The number of hydrogen-bond acceptors (Lipinski definition) is 3. The summed E-state index contributed by atoms with van der Waals surface area (Å²) >= 11 is 9.54. The summed E-state index contributed by atoms with van der Waals surface area (Å²) in [6.45, 7) is 3.53. The van der Waals surface area contributed by atoms with Gasteiger partial charge in [0.1, 0.15) is 5.75 Å². The molecule has 0 atom stereocenters. The Kier molecular flexibility index (Phi) is 5.19. The molecule has 0 aliphatic carbocycles. The lowest BCUT2D eigenvalue weighted by molar-refractivity contribution is 0.457. The van der Waals surface area contributed by atoms with E-state index in [1.807, 2.05) is 31.2 Å². The van der Waals surface area contributed by atoms with Crippen LogP contribution in [0.5, 0.6) is 11.6 Å². The van der Waals surface area contributed by atoms with Gasteiger partial charge in [0.15, 0.2) is 0 Å². The molecule has 2 aromatic rings. The third-order valence-corrected chi connectivity index (χ3v) is 3.49. The van der Waals surface area contributed by atoms with E-state index in [0.29, 0.717) is 17.4 Å². The van der Waals surface area contributed by atoms with Gasteiger partial charge in [-0.3, -0.25) is 0 Å². The molecule has 100 valence electrons. The average Bonchev–Trinajstić information content (AvgIpc) is 2.42. The molecule has 1 aromatic heterocycles. The van der Waals surface area contributed by atoms with Crippen LogP contribution in [-0.2, 0) is 6.54 Å². The van der Waals surface area contributed by atoms with Crippen LogP contribution in [0.2, 0.25) is 5.02 Å². The number of aromatic nitrogens is 1. The molecule has 3 nitrogen and oxygen atoms in total. The van der Waals surface area contributed by atoms with E-state index in [2.05, 4.69) is 26.2 Å². The van der Waals surface area contributed by atoms with Gasteiger partial charge in [-0.05, 0) is 40.7 Å². The van der Waals surface area contributed by atoms with Gasteiger partial charge < -0.3 is 10.1 Å². The lowest BCUT2D eigenvalue weighted by Crippen LogP contribution is -2.13. The monoisotopic (exact) mass is 340 g/mol. The van der Waals surface area contributed by atoms with Crippen LogP contribution in [0.4, 0.5) is 0 Å². The minimum absolute atomic E-state index is 0.532. The number of halogens is 2. The molecule has 0 saturated carbocycles. The van der Waals surface area contributed by atoms with Crippen LogP contribution >= 0.6 is 27.5 Å². The molecular weight excluding hydrogens is 328 g/mol. The Morgan fingerprint density at radius 1 is 1.26 bits per heavy atom. The molecule has 0 bridgehead atoms. The van der Waals surface area contributed by atoms with Crippen LogP contribution < -0.4 is 10.1 Å². The Bertz CT molecular complexity index is 563. The summed E-state index contributed by atoms with van der Waals surface area (Å²) in [6, 6.07) is 11.2. The number of ether oxygens (including phenoxy) is 1. The quantitative estimate of drug-likeness (QED) is 0.875. The molecule has 1 N–H and O–H groups in total. The van der Waals surface area contributed by atoms with Gasteiger partial charge in [0.2, 0.25) is 5.88 Å². The second-order valence-corrected chi connectivity index (χ2v) is 5.15. The molecule has 0 unspecified atom stereocenters. The molecule has 1 aromatic carbocycles. The molecule has 0 fully saturated rings. The van der Waals surface area contributed by atoms with E-state index in [1.165, 1.54) is 0 Å². The number of hydrogen-bond donors (Lipinski definition) is 1. The van der Waals surface area contributed by atoms with Crippen molar-refractivity contribution in [2.45, 2.75) is 13.5 Å². The number of benzene rings is 1. The fourth-order valence-electron chi connectivity index (χ4n) is 1.53. The summed E-state index contributed by atoms with van der Waals surface area (Å²) in [6.07, 6.45) is 0. The predicted octanol–water partition coefficient (Wildman–Crippen LogP) is 4.40. The standard InChI is InChI=1S/C14H14BrClN2O/c1-2-17-9-12-11(16)7-8-14(18-12)19-13-6-4-3-5-10(13)15/h3-8,17H,2,9H2,1H3. The Hall–Kier alpha value is -1.10. The summed E-state index contributed by atoms with van der Waals surface area (Å²) in [5.74, 6) is 1.26. The van der Waals surface area contributed by atoms with Gasteiger partial charge in [-0.25, -0.2) is 4.98 Å². The van der Waals surface area contributed by atoms with Gasteiger partial charge in [0.25, 0.3) is 0 Å². The smallest absolute Gasteiger partial charge is 0.219 e. The van der Waals surface area contributed by atoms with Gasteiger partial charge in [-0.2, -0.15) is 0 Å². The lowest BCUT2D eigenvalue weighted by atomic mass is 10.3. The van der Waals surface area contributed by atoms with Crippen molar-refractivity contribution in [1.82, 2.24) is 10.3 Å². The molecule has 0 saturated heterocycles. The molecule has 19 heavy (non-hydrogen) atoms. The van der Waals surface area contributed by atoms with Crippen molar-refractivity contribution in [3.8, 4) is 11.6 Å². The maximum atomic E-state index is 6.10. The van der Waals surface area contributed by atoms with Crippen LogP contribution in [0.1, 0.15) is 12.6 Å². The van der Waals surface area contributed by atoms with E-state index in [4.69, 9.17) is 16.3 Å². The largest absolute Gasteiger partial charge is 0.438 e. The Labute approximate surface area is 126 Å².